The zero-order valence-electron chi connectivity index (χ0n) is 17.6. The maximum Gasteiger partial charge on any atom is 0.287 e. The number of hydrogen-bond donors (Lipinski definition) is 1. The summed E-state index contributed by atoms with van der Waals surface area (Å²) in [5.74, 6) is 0.532. The number of rotatable bonds is 4. The first kappa shape index (κ1) is 19.2. The van der Waals surface area contributed by atoms with Crippen LogP contribution in [0.5, 0.6) is 0 Å². The van der Waals surface area contributed by atoms with Gasteiger partial charge in [0.25, 0.3) is 5.91 Å². The Morgan fingerprint density at radius 1 is 1.16 bits per heavy atom. The van der Waals surface area contributed by atoms with E-state index in [0.29, 0.717) is 16.5 Å². The van der Waals surface area contributed by atoms with E-state index < -0.39 is 6.71 Å². The molecule has 0 radical (unpaired) electrons. The lowest BCUT2D eigenvalue weighted by Gasteiger charge is -2.32. The predicted molar refractivity (Wildman–Crippen MR) is 123 cm³/mol. The van der Waals surface area contributed by atoms with Gasteiger partial charge in [-0.2, -0.15) is 0 Å². The van der Waals surface area contributed by atoms with Crippen LogP contribution in [0, 0.1) is 0 Å². The first-order valence-corrected chi connectivity index (χ1v) is 11.3. The first-order chi connectivity index (χ1) is 15.5. The van der Waals surface area contributed by atoms with Gasteiger partial charge in [0.05, 0.1) is 7.41 Å². The lowest BCUT2D eigenvalue weighted by molar-refractivity contribution is 0.0810. The molecule has 3 aromatic rings. The topological polar surface area (TPSA) is 67.1 Å². The summed E-state index contributed by atoms with van der Waals surface area (Å²) in [5, 5.41) is 10.8. The summed E-state index contributed by atoms with van der Waals surface area (Å²) in [6, 6.07) is 14.8. The van der Waals surface area contributed by atoms with Crippen LogP contribution in [0.4, 0.5) is 0 Å². The molecule has 31 heavy (non-hydrogen) atoms. The van der Waals surface area contributed by atoms with Crippen molar-refractivity contribution in [2.75, 3.05) is 6.71 Å². The molecule has 1 fully saturated rings. The van der Waals surface area contributed by atoms with Gasteiger partial charge < -0.3 is 14.5 Å². The molecular weight excluding hydrogens is 482 g/mol. The maximum atomic E-state index is 12.7. The molecule has 0 saturated heterocycles. The van der Waals surface area contributed by atoms with E-state index in [-0.39, 0.29) is 23.8 Å². The number of furan rings is 1. The van der Waals surface area contributed by atoms with Crippen LogP contribution < -0.4 is 5.32 Å². The third-order valence-electron chi connectivity index (χ3n) is 5.68. The predicted octanol–water partition coefficient (Wildman–Crippen LogP) is 5.54. The van der Waals surface area contributed by atoms with Crippen LogP contribution in [-0.2, 0) is 4.74 Å². The lowest BCUT2D eigenvalue weighted by atomic mass is 9.91. The number of hydrogen-bond acceptors (Lipinski definition) is 5. The first-order valence-electron chi connectivity index (χ1n) is 10.8. The van der Waals surface area contributed by atoms with Crippen LogP contribution in [0.25, 0.3) is 11.0 Å². The van der Waals surface area contributed by atoms with E-state index in [9.17, 15) is 4.79 Å². The van der Waals surface area contributed by atoms with Crippen LogP contribution in [0.2, 0.25) is 5.02 Å². The molecule has 5 rings (SSSR count). The zero-order valence-corrected chi connectivity index (χ0v) is 18.9. The van der Waals surface area contributed by atoms with Gasteiger partial charge in [-0.1, -0.05) is 27.5 Å². The van der Waals surface area contributed by atoms with Crippen molar-refractivity contribution in [1.82, 2.24) is 10.3 Å². The van der Waals surface area contributed by atoms with Crippen LogP contribution in [0.1, 0.15) is 43.2 Å². The minimum atomic E-state index is -0.854. The zero-order chi connectivity index (χ0) is 22.2. The Morgan fingerprint density at radius 2 is 1.94 bits per heavy atom. The summed E-state index contributed by atoms with van der Waals surface area (Å²) >= 11 is 9.43. The van der Waals surface area contributed by atoms with Gasteiger partial charge in [0.1, 0.15) is 5.58 Å². The molecule has 1 aliphatic heterocycles. The fraction of sp³-hybridized carbons (Fsp3) is 0.304. The molecule has 1 saturated carbocycles. The van der Waals surface area contributed by atoms with Crippen molar-refractivity contribution in [3.05, 3.63) is 69.3 Å². The van der Waals surface area contributed by atoms with E-state index in [1.807, 2.05) is 24.3 Å². The number of nitrogens with one attached hydrogen (secondary N) is 1. The Morgan fingerprint density at radius 3 is 2.71 bits per heavy atom. The molecule has 1 N–H and O–H groups in total. The summed E-state index contributed by atoms with van der Waals surface area (Å²) in [6.45, 7) is -0.854. The van der Waals surface area contributed by atoms with Crippen molar-refractivity contribution in [1.29, 1.82) is 0 Å². The van der Waals surface area contributed by atoms with Gasteiger partial charge in [0.15, 0.2) is 12.5 Å². The minimum Gasteiger partial charge on any atom is -0.453 e. The number of carbonyl (C=O) groups is 1. The highest BCUT2D eigenvalue weighted by molar-refractivity contribution is 9.10. The van der Waals surface area contributed by atoms with E-state index >= 15 is 0 Å². The smallest absolute Gasteiger partial charge is 0.287 e. The number of carbonyl (C=O) groups excluding carboxylic acids is 1. The number of benzene rings is 2. The number of halogens is 2. The van der Waals surface area contributed by atoms with Crippen molar-refractivity contribution in [3.8, 4) is 0 Å². The molecule has 6 nitrogen and oxygen atoms in total. The highest BCUT2D eigenvalue weighted by Crippen LogP contribution is 2.27. The molecule has 1 aliphatic carbocycles. The highest BCUT2D eigenvalue weighted by Gasteiger charge is 2.30. The lowest BCUT2D eigenvalue weighted by Crippen LogP contribution is -2.42. The third kappa shape index (κ3) is 4.43. The van der Waals surface area contributed by atoms with E-state index in [1.54, 1.807) is 29.3 Å². The molecule has 2 aliphatic rings. The second-order valence-electron chi connectivity index (χ2n) is 7.79. The molecule has 0 spiro atoms. The van der Waals surface area contributed by atoms with E-state index in [1.165, 1.54) is 0 Å². The van der Waals surface area contributed by atoms with Gasteiger partial charge in [0, 0.05) is 26.5 Å². The van der Waals surface area contributed by atoms with Gasteiger partial charge in [-0.15, -0.1) is 5.10 Å². The second kappa shape index (κ2) is 8.55. The summed E-state index contributed by atoms with van der Waals surface area (Å²) in [5.41, 5.74) is 1.49. The average molecular weight is 504 g/mol. The van der Waals surface area contributed by atoms with Crippen molar-refractivity contribution >= 4 is 50.3 Å². The molecule has 160 valence electrons. The van der Waals surface area contributed by atoms with Crippen LogP contribution >= 0.6 is 27.5 Å². The molecule has 1 aromatic heterocycles. The third-order valence-corrected chi connectivity index (χ3v) is 6.44. The van der Waals surface area contributed by atoms with Crippen molar-refractivity contribution in [3.63, 3.8) is 0 Å². The molecule has 0 bridgehead atoms. The summed E-state index contributed by atoms with van der Waals surface area (Å²) < 4.78 is 20.6. The number of ether oxygens (including phenoxy) is 1. The van der Waals surface area contributed by atoms with E-state index in [2.05, 4.69) is 26.3 Å². The summed E-state index contributed by atoms with van der Waals surface area (Å²) in [7, 11) is 0. The molecule has 1 unspecified atom stereocenters. The largest absolute Gasteiger partial charge is 0.453 e. The second-order valence-corrected chi connectivity index (χ2v) is 9.14. The Labute approximate surface area is 194 Å². The molecule has 8 heteroatoms. The summed E-state index contributed by atoms with van der Waals surface area (Å²) in [6.07, 6.45) is 3.23. The molecule has 1 atom stereocenters. The number of amides is 1. The quantitative estimate of drug-likeness (QED) is 0.507. The fourth-order valence-corrected chi connectivity index (χ4v) is 4.45. The monoisotopic (exact) mass is 502 g/mol. The van der Waals surface area contributed by atoms with Crippen molar-refractivity contribution < 1.29 is 15.3 Å². The standard InChI is InChI=1S/C23H21BrClN3O3/c24-16-3-1-14(2-4-16)23-27-28(13-30-23)19-8-6-18(7-9-19)26-22(29)21-12-15-11-17(25)5-10-20(15)31-21/h1-5,10-12,18-19H,6-9,13H2,(H,26,29)/i13D. The van der Waals surface area contributed by atoms with Crippen LogP contribution in [0.3, 0.4) is 0 Å². The Balaban J connectivity index is 1.19. The normalized spacial score (nSPS) is 23.9. The van der Waals surface area contributed by atoms with Crippen LogP contribution in [0.15, 0.2) is 62.5 Å². The molecule has 2 heterocycles. The Hall–Kier alpha value is -2.51. The number of nitrogens with zero attached hydrogens (tertiary/aromatic N) is 2. The SMILES string of the molecule is [2H]C1OC(c2ccc(Br)cc2)=NN1C1CCC(NC(=O)c2cc3cc(Cl)ccc3o2)CC1. The van der Waals surface area contributed by atoms with Crippen molar-refractivity contribution in [2.45, 2.75) is 37.8 Å². The molecular formula is C23H21BrClN3O3. The molecule has 2 aromatic carbocycles. The Bertz CT molecular complexity index is 1170. The van der Waals surface area contributed by atoms with Crippen LogP contribution in [-0.4, -0.2) is 35.6 Å². The van der Waals surface area contributed by atoms with E-state index in [0.717, 1.165) is 41.1 Å². The van der Waals surface area contributed by atoms with Gasteiger partial charge >= 0.3 is 0 Å². The van der Waals surface area contributed by atoms with Gasteiger partial charge in [-0.05, 0) is 74.2 Å². The highest BCUT2D eigenvalue weighted by atomic mass is 79.9. The minimum absolute atomic E-state index is 0.0539. The Kier molecular flexibility index (Phi) is 5.30. The number of hydrazone groups is 1. The number of fused-ring (bicyclic) bond motifs is 1. The maximum absolute atomic E-state index is 12.7. The van der Waals surface area contributed by atoms with Gasteiger partial charge in [0.2, 0.25) is 5.90 Å². The van der Waals surface area contributed by atoms with Crippen molar-refractivity contribution in [2.24, 2.45) is 5.10 Å². The van der Waals surface area contributed by atoms with E-state index in [4.69, 9.17) is 22.1 Å². The van der Waals surface area contributed by atoms with Gasteiger partial charge in [-0.3, -0.25) is 9.80 Å². The average Bonchev–Trinajstić information content (AvgIpc) is 3.38. The molecule has 1 amide bonds. The summed E-state index contributed by atoms with van der Waals surface area (Å²) in [4.78, 5) is 12.7. The van der Waals surface area contributed by atoms with Gasteiger partial charge in [-0.25, -0.2) is 0 Å². The fourth-order valence-electron chi connectivity index (χ4n) is 4.01.